The minimum Gasteiger partial charge on any atom is -0.388 e. The molecular formula is C24H26N6O4S2. The van der Waals surface area contributed by atoms with Crippen molar-refractivity contribution in [3.63, 3.8) is 0 Å². The fraction of sp³-hybridized carbons (Fsp3) is 0.208. The molecule has 2 amide bonds. The van der Waals surface area contributed by atoms with E-state index in [4.69, 9.17) is 0 Å². The number of hydrogen-bond acceptors (Lipinski definition) is 8. The highest BCUT2D eigenvalue weighted by Crippen LogP contribution is 2.23. The van der Waals surface area contributed by atoms with Crippen LogP contribution in [-0.2, 0) is 16.6 Å². The van der Waals surface area contributed by atoms with Gasteiger partial charge in [0, 0.05) is 35.7 Å². The highest BCUT2D eigenvalue weighted by Gasteiger charge is 2.19. The maximum atomic E-state index is 13.3. The summed E-state index contributed by atoms with van der Waals surface area (Å²) in [5.41, 5.74) is 1.90. The topological polar surface area (TPSA) is 125 Å². The third kappa shape index (κ3) is 5.40. The van der Waals surface area contributed by atoms with Crippen LogP contribution < -0.4 is 20.9 Å². The average Bonchev–Trinajstić information content (AvgIpc) is 3.28. The number of carbonyl (C=O) groups is 1. The lowest BCUT2D eigenvalue weighted by Gasteiger charge is -2.16. The molecule has 3 aromatic heterocycles. The van der Waals surface area contributed by atoms with Crippen LogP contribution in [0.1, 0.15) is 10.4 Å². The van der Waals surface area contributed by atoms with Crippen LogP contribution in [0.5, 0.6) is 0 Å². The first-order valence-electron chi connectivity index (χ1n) is 10.9. The highest BCUT2D eigenvalue weighted by atomic mass is 32.2. The van der Waals surface area contributed by atoms with Crippen LogP contribution in [0.2, 0.25) is 0 Å². The zero-order valence-electron chi connectivity index (χ0n) is 20.2. The molecule has 10 nitrogen and oxygen atoms in total. The Morgan fingerprint density at radius 3 is 2.44 bits per heavy atom. The molecule has 0 aliphatic carbocycles. The van der Waals surface area contributed by atoms with Gasteiger partial charge in [-0.2, -0.15) is 0 Å². The van der Waals surface area contributed by atoms with Gasteiger partial charge in [0.05, 0.1) is 11.9 Å². The largest absolute Gasteiger partial charge is 0.388 e. The molecule has 0 aliphatic heterocycles. The molecule has 0 spiro atoms. The molecule has 4 rings (SSSR count). The molecule has 0 unspecified atom stereocenters. The number of nitrogens with zero attached hydrogens (tertiary/aromatic N) is 3. The van der Waals surface area contributed by atoms with E-state index in [1.165, 1.54) is 16.8 Å². The second-order valence-corrected chi connectivity index (χ2v) is 11.6. The van der Waals surface area contributed by atoms with Crippen LogP contribution in [0.15, 0.2) is 63.9 Å². The number of aromatic nitrogens is 2. The standard InChI is InChI=1S/C24H26N6O4S2/c1-15-5-10-22(35-15)36(33,34)28-24(32)27-18-7-9-21(26-12-18)30-14-16(13-29(3)4)20-11-17(25-2)6-8-19(20)23(30)31/h5-12,14,25H,13H2,1-4H3,(H2,27,28,32). The summed E-state index contributed by atoms with van der Waals surface area (Å²) in [4.78, 5) is 32.7. The summed E-state index contributed by atoms with van der Waals surface area (Å²) in [6.07, 6.45) is 3.13. The molecule has 0 fully saturated rings. The number of hydrogen-bond donors (Lipinski definition) is 3. The van der Waals surface area contributed by atoms with Gasteiger partial charge in [-0.3, -0.25) is 9.36 Å². The molecule has 3 heterocycles. The first-order valence-corrected chi connectivity index (χ1v) is 13.2. The van der Waals surface area contributed by atoms with Crippen molar-refractivity contribution in [3.8, 4) is 5.82 Å². The quantitative estimate of drug-likeness (QED) is 0.337. The summed E-state index contributed by atoms with van der Waals surface area (Å²) in [6.45, 7) is 2.39. The fourth-order valence-electron chi connectivity index (χ4n) is 3.69. The van der Waals surface area contributed by atoms with E-state index < -0.39 is 16.1 Å². The van der Waals surface area contributed by atoms with Gasteiger partial charge in [-0.1, -0.05) is 0 Å². The van der Waals surface area contributed by atoms with Crippen LogP contribution in [0.4, 0.5) is 16.2 Å². The van der Waals surface area contributed by atoms with Gasteiger partial charge in [0.1, 0.15) is 10.0 Å². The Balaban J connectivity index is 1.60. The number of nitrogens with one attached hydrogen (secondary N) is 3. The molecule has 0 bridgehead atoms. The first kappa shape index (κ1) is 25.4. The van der Waals surface area contributed by atoms with Gasteiger partial charge in [-0.15, -0.1) is 11.3 Å². The molecule has 0 saturated heterocycles. The van der Waals surface area contributed by atoms with Crippen molar-refractivity contribution in [2.75, 3.05) is 31.8 Å². The lowest BCUT2D eigenvalue weighted by Crippen LogP contribution is -2.34. The molecule has 0 saturated carbocycles. The lowest BCUT2D eigenvalue weighted by molar-refractivity contribution is 0.256. The van der Waals surface area contributed by atoms with Crippen molar-refractivity contribution in [1.82, 2.24) is 19.2 Å². The summed E-state index contributed by atoms with van der Waals surface area (Å²) in [5.74, 6) is 0.368. The normalized spacial score (nSPS) is 11.6. The van der Waals surface area contributed by atoms with Crippen molar-refractivity contribution in [1.29, 1.82) is 0 Å². The lowest BCUT2D eigenvalue weighted by atomic mass is 10.1. The van der Waals surface area contributed by atoms with Crippen LogP contribution >= 0.6 is 11.3 Å². The molecule has 36 heavy (non-hydrogen) atoms. The molecule has 0 atom stereocenters. The van der Waals surface area contributed by atoms with Crippen LogP contribution in [0.3, 0.4) is 0 Å². The summed E-state index contributed by atoms with van der Waals surface area (Å²) in [6, 6.07) is 10.9. The Morgan fingerprint density at radius 2 is 1.83 bits per heavy atom. The van der Waals surface area contributed by atoms with E-state index in [0.717, 1.165) is 32.9 Å². The van der Waals surface area contributed by atoms with E-state index in [1.54, 1.807) is 37.4 Å². The maximum Gasteiger partial charge on any atom is 0.333 e. The number of fused-ring (bicyclic) bond motifs is 1. The highest BCUT2D eigenvalue weighted by molar-refractivity contribution is 7.92. The Bertz CT molecular complexity index is 1590. The van der Waals surface area contributed by atoms with Gasteiger partial charge in [0.25, 0.3) is 15.6 Å². The van der Waals surface area contributed by atoms with E-state index in [2.05, 4.69) is 15.6 Å². The second-order valence-electron chi connectivity index (χ2n) is 8.41. The number of rotatable bonds is 7. The van der Waals surface area contributed by atoms with E-state index in [9.17, 15) is 18.0 Å². The molecule has 1 aromatic carbocycles. The zero-order chi connectivity index (χ0) is 26.0. The Labute approximate surface area is 212 Å². The third-order valence-electron chi connectivity index (χ3n) is 5.34. The second kappa shape index (κ2) is 10.1. The molecule has 0 aliphatic rings. The predicted octanol–water partition coefficient (Wildman–Crippen LogP) is 3.37. The van der Waals surface area contributed by atoms with Crippen molar-refractivity contribution in [2.45, 2.75) is 17.7 Å². The van der Waals surface area contributed by atoms with Crippen LogP contribution in [0.25, 0.3) is 16.6 Å². The number of thiophene rings is 1. The van der Waals surface area contributed by atoms with E-state index in [0.29, 0.717) is 17.7 Å². The number of urea groups is 1. The van der Waals surface area contributed by atoms with Gasteiger partial charge >= 0.3 is 6.03 Å². The van der Waals surface area contributed by atoms with E-state index in [-0.39, 0.29) is 15.5 Å². The Morgan fingerprint density at radius 1 is 1.08 bits per heavy atom. The van der Waals surface area contributed by atoms with Crippen molar-refractivity contribution < 1.29 is 13.2 Å². The smallest absolute Gasteiger partial charge is 0.333 e. The SMILES string of the molecule is CNc1ccc2c(=O)n(-c3ccc(NC(=O)NS(=O)(=O)c4ccc(C)s4)cn3)cc(CN(C)C)c2c1. The average molecular weight is 527 g/mol. The maximum absolute atomic E-state index is 13.3. The van der Waals surface area contributed by atoms with Crippen molar-refractivity contribution >= 4 is 49.5 Å². The van der Waals surface area contributed by atoms with Gasteiger partial charge in [0.2, 0.25) is 0 Å². The number of benzene rings is 1. The zero-order valence-corrected chi connectivity index (χ0v) is 21.8. The molecule has 3 N–H and O–H groups in total. The summed E-state index contributed by atoms with van der Waals surface area (Å²) < 4.78 is 28.2. The fourth-order valence-corrected chi connectivity index (χ4v) is 5.88. The minimum atomic E-state index is -3.97. The van der Waals surface area contributed by atoms with E-state index >= 15 is 0 Å². The number of pyridine rings is 2. The van der Waals surface area contributed by atoms with Gasteiger partial charge in [-0.25, -0.2) is 22.9 Å². The molecule has 4 aromatic rings. The number of anilines is 2. The number of sulfonamides is 1. The predicted molar refractivity (Wildman–Crippen MR) is 143 cm³/mol. The number of aryl methyl sites for hydroxylation is 1. The summed E-state index contributed by atoms with van der Waals surface area (Å²) in [7, 11) is 1.75. The monoisotopic (exact) mass is 526 g/mol. The Hall–Kier alpha value is -3.74. The van der Waals surface area contributed by atoms with Crippen molar-refractivity contribution in [3.05, 3.63) is 75.7 Å². The number of carbonyl (C=O) groups excluding carboxylic acids is 1. The van der Waals surface area contributed by atoms with Gasteiger partial charge < -0.3 is 15.5 Å². The van der Waals surface area contributed by atoms with Gasteiger partial charge in [0.15, 0.2) is 0 Å². The molecule has 12 heteroatoms. The molecule has 188 valence electrons. The molecule has 0 radical (unpaired) electrons. The number of amides is 2. The van der Waals surface area contributed by atoms with E-state index in [1.807, 2.05) is 42.9 Å². The Kier molecular flexibility index (Phi) is 7.11. The summed E-state index contributed by atoms with van der Waals surface area (Å²) in [5, 5.41) is 6.98. The summed E-state index contributed by atoms with van der Waals surface area (Å²) >= 11 is 1.07. The minimum absolute atomic E-state index is 0.0506. The van der Waals surface area contributed by atoms with Crippen molar-refractivity contribution in [2.24, 2.45) is 0 Å². The third-order valence-corrected chi connectivity index (χ3v) is 8.16. The van der Waals surface area contributed by atoms with Crippen LogP contribution in [-0.4, -0.2) is 50.0 Å². The van der Waals surface area contributed by atoms with Crippen LogP contribution in [0, 0.1) is 6.92 Å². The first-order chi connectivity index (χ1) is 17.1. The van der Waals surface area contributed by atoms with Gasteiger partial charge in [-0.05, 0) is 74.4 Å². The molecular weight excluding hydrogens is 500 g/mol.